The summed E-state index contributed by atoms with van der Waals surface area (Å²) < 4.78 is 10.5. The highest BCUT2D eigenvalue weighted by Crippen LogP contribution is 2.18. The quantitative estimate of drug-likeness (QED) is 0.786. The van der Waals surface area contributed by atoms with Crippen LogP contribution in [0.25, 0.3) is 0 Å². The zero-order valence-electron chi connectivity index (χ0n) is 11.9. The van der Waals surface area contributed by atoms with Crippen molar-refractivity contribution in [2.75, 3.05) is 33.4 Å². The molecule has 1 unspecified atom stereocenters. The minimum atomic E-state index is -0.0845. The van der Waals surface area contributed by atoms with Crippen LogP contribution < -0.4 is 20.1 Å². The second-order valence-corrected chi connectivity index (χ2v) is 4.97. The van der Waals surface area contributed by atoms with E-state index in [0.29, 0.717) is 18.2 Å². The molecule has 1 aliphatic heterocycles. The molecule has 2 N–H and O–H groups in total. The molecule has 0 bridgehead atoms. The number of benzene rings is 1. The summed E-state index contributed by atoms with van der Waals surface area (Å²) in [6.07, 6.45) is 2.23. The Hall–Kier alpha value is -1.75. The molecule has 110 valence electrons. The maximum Gasteiger partial charge on any atom is 0.257 e. The summed E-state index contributed by atoms with van der Waals surface area (Å²) in [6, 6.07) is 7.24. The summed E-state index contributed by atoms with van der Waals surface area (Å²) in [6.45, 7) is 2.91. The third kappa shape index (κ3) is 4.74. The van der Waals surface area contributed by atoms with Gasteiger partial charge in [-0.1, -0.05) is 6.07 Å². The number of hydrogen-bond donors (Lipinski definition) is 2. The van der Waals surface area contributed by atoms with Gasteiger partial charge in [0.15, 0.2) is 6.61 Å². The molecular weight excluding hydrogens is 256 g/mol. The monoisotopic (exact) mass is 278 g/mol. The first-order valence-electron chi connectivity index (χ1n) is 7.02. The number of rotatable bonds is 7. The van der Waals surface area contributed by atoms with Crippen molar-refractivity contribution >= 4 is 5.91 Å². The molecule has 1 atom stereocenters. The van der Waals surface area contributed by atoms with Gasteiger partial charge in [-0.2, -0.15) is 0 Å². The maximum absolute atomic E-state index is 11.7. The number of methoxy groups -OCH3 is 1. The Labute approximate surface area is 119 Å². The Morgan fingerprint density at radius 1 is 1.45 bits per heavy atom. The predicted molar refractivity (Wildman–Crippen MR) is 77.1 cm³/mol. The highest BCUT2D eigenvalue weighted by molar-refractivity contribution is 5.77. The van der Waals surface area contributed by atoms with Crippen LogP contribution in [0, 0.1) is 5.92 Å². The molecule has 0 aliphatic carbocycles. The molecule has 1 aromatic carbocycles. The van der Waals surface area contributed by atoms with Crippen molar-refractivity contribution in [2.45, 2.75) is 12.8 Å². The van der Waals surface area contributed by atoms with Crippen LogP contribution in [0.15, 0.2) is 24.3 Å². The van der Waals surface area contributed by atoms with Crippen LogP contribution >= 0.6 is 0 Å². The van der Waals surface area contributed by atoms with E-state index in [9.17, 15) is 4.79 Å². The lowest BCUT2D eigenvalue weighted by molar-refractivity contribution is -0.123. The van der Waals surface area contributed by atoms with E-state index in [4.69, 9.17) is 9.47 Å². The van der Waals surface area contributed by atoms with Gasteiger partial charge in [0, 0.05) is 12.6 Å². The number of carbonyl (C=O) groups excluding carboxylic acids is 1. The first-order chi connectivity index (χ1) is 9.78. The van der Waals surface area contributed by atoms with E-state index in [2.05, 4.69) is 10.6 Å². The van der Waals surface area contributed by atoms with Gasteiger partial charge < -0.3 is 20.1 Å². The van der Waals surface area contributed by atoms with Gasteiger partial charge in [0.05, 0.1) is 7.11 Å². The summed E-state index contributed by atoms with van der Waals surface area (Å²) in [5.41, 5.74) is 0. The van der Waals surface area contributed by atoms with Gasteiger partial charge in [-0.25, -0.2) is 0 Å². The van der Waals surface area contributed by atoms with Crippen LogP contribution in [-0.2, 0) is 4.79 Å². The topological polar surface area (TPSA) is 59.6 Å². The van der Waals surface area contributed by atoms with E-state index >= 15 is 0 Å². The number of hydrogen-bond acceptors (Lipinski definition) is 4. The van der Waals surface area contributed by atoms with Gasteiger partial charge in [0.25, 0.3) is 5.91 Å². The zero-order valence-corrected chi connectivity index (χ0v) is 11.9. The normalized spacial score (nSPS) is 17.8. The Morgan fingerprint density at radius 3 is 3.05 bits per heavy atom. The standard InChI is InChI=1S/C15H22N2O3/c1-19-13-3-2-4-14(9-13)20-11-15(18)17-8-6-12-5-7-16-10-12/h2-4,9,12,16H,5-8,10-11H2,1H3,(H,17,18). The summed E-state index contributed by atoms with van der Waals surface area (Å²) in [5, 5.41) is 6.20. The molecule has 20 heavy (non-hydrogen) atoms. The predicted octanol–water partition coefficient (Wildman–Crippen LogP) is 1.19. The van der Waals surface area contributed by atoms with Crippen molar-refractivity contribution in [1.29, 1.82) is 0 Å². The van der Waals surface area contributed by atoms with Gasteiger partial charge in [0.2, 0.25) is 0 Å². The SMILES string of the molecule is COc1cccc(OCC(=O)NCCC2CCNC2)c1. The molecule has 0 spiro atoms. The Kier molecular flexibility index (Phi) is 5.68. The lowest BCUT2D eigenvalue weighted by atomic mass is 10.1. The van der Waals surface area contributed by atoms with Gasteiger partial charge in [-0.15, -0.1) is 0 Å². The van der Waals surface area contributed by atoms with E-state index in [-0.39, 0.29) is 12.5 Å². The second-order valence-electron chi connectivity index (χ2n) is 4.97. The average Bonchev–Trinajstić information content (AvgIpc) is 2.98. The van der Waals surface area contributed by atoms with Crippen LogP contribution in [0.4, 0.5) is 0 Å². The third-order valence-electron chi connectivity index (χ3n) is 3.45. The van der Waals surface area contributed by atoms with Gasteiger partial charge in [-0.05, 0) is 44.0 Å². The highest BCUT2D eigenvalue weighted by atomic mass is 16.5. The molecule has 0 aromatic heterocycles. The number of nitrogens with one attached hydrogen (secondary N) is 2. The average molecular weight is 278 g/mol. The molecule has 1 fully saturated rings. The fraction of sp³-hybridized carbons (Fsp3) is 0.533. The van der Waals surface area contributed by atoms with Crippen LogP contribution in [0.1, 0.15) is 12.8 Å². The minimum Gasteiger partial charge on any atom is -0.497 e. The first-order valence-corrected chi connectivity index (χ1v) is 7.02. The Bertz CT molecular complexity index is 431. The van der Waals surface area contributed by atoms with Crippen molar-refractivity contribution in [3.05, 3.63) is 24.3 Å². The van der Waals surface area contributed by atoms with E-state index in [0.717, 1.165) is 25.3 Å². The smallest absolute Gasteiger partial charge is 0.257 e. The molecule has 0 radical (unpaired) electrons. The lowest BCUT2D eigenvalue weighted by Gasteiger charge is -2.10. The van der Waals surface area contributed by atoms with Crippen LogP contribution in [0.5, 0.6) is 11.5 Å². The lowest BCUT2D eigenvalue weighted by Crippen LogP contribution is -2.30. The maximum atomic E-state index is 11.7. The summed E-state index contributed by atoms with van der Waals surface area (Å²) in [7, 11) is 1.60. The van der Waals surface area contributed by atoms with E-state index in [1.165, 1.54) is 6.42 Å². The van der Waals surface area contributed by atoms with Crippen molar-refractivity contribution in [2.24, 2.45) is 5.92 Å². The first kappa shape index (κ1) is 14.7. The zero-order chi connectivity index (χ0) is 14.2. The highest BCUT2D eigenvalue weighted by Gasteiger charge is 2.14. The summed E-state index contributed by atoms with van der Waals surface area (Å²) in [5.74, 6) is 1.96. The third-order valence-corrected chi connectivity index (χ3v) is 3.45. The second kappa shape index (κ2) is 7.75. The number of ether oxygens (including phenoxy) is 2. The van der Waals surface area contributed by atoms with Crippen LogP contribution in [-0.4, -0.2) is 39.3 Å². The van der Waals surface area contributed by atoms with Gasteiger partial charge in [-0.3, -0.25) is 4.79 Å². The molecule has 2 rings (SSSR count). The molecule has 1 aromatic rings. The molecular formula is C15H22N2O3. The molecule has 1 heterocycles. The fourth-order valence-electron chi connectivity index (χ4n) is 2.27. The van der Waals surface area contributed by atoms with Crippen molar-refractivity contribution in [3.63, 3.8) is 0 Å². The van der Waals surface area contributed by atoms with Gasteiger partial charge >= 0.3 is 0 Å². The molecule has 1 saturated heterocycles. The molecule has 1 aliphatic rings. The minimum absolute atomic E-state index is 0.0378. The van der Waals surface area contributed by atoms with Crippen molar-refractivity contribution < 1.29 is 14.3 Å². The molecule has 5 heteroatoms. The Balaban J connectivity index is 1.63. The van der Waals surface area contributed by atoms with Crippen LogP contribution in [0.3, 0.4) is 0 Å². The summed E-state index contributed by atoms with van der Waals surface area (Å²) in [4.78, 5) is 11.7. The fourth-order valence-corrected chi connectivity index (χ4v) is 2.27. The van der Waals surface area contributed by atoms with E-state index in [1.54, 1.807) is 19.2 Å². The number of carbonyl (C=O) groups is 1. The van der Waals surface area contributed by atoms with E-state index in [1.807, 2.05) is 12.1 Å². The van der Waals surface area contributed by atoms with Crippen LogP contribution in [0.2, 0.25) is 0 Å². The Morgan fingerprint density at radius 2 is 2.30 bits per heavy atom. The van der Waals surface area contributed by atoms with Crippen molar-refractivity contribution in [3.8, 4) is 11.5 Å². The molecule has 0 saturated carbocycles. The molecule has 1 amide bonds. The number of amides is 1. The van der Waals surface area contributed by atoms with E-state index < -0.39 is 0 Å². The largest absolute Gasteiger partial charge is 0.497 e. The van der Waals surface area contributed by atoms with Crippen molar-refractivity contribution in [1.82, 2.24) is 10.6 Å². The summed E-state index contributed by atoms with van der Waals surface area (Å²) >= 11 is 0. The van der Waals surface area contributed by atoms with Gasteiger partial charge in [0.1, 0.15) is 11.5 Å². The molecule has 5 nitrogen and oxygen atoms in total.